The normalized spacial score (nSPS) is 11.3. The first kappa shape index (κ1) is 12.9. The molecule has 0 saturated heterocycles. The van der Waals surface area contributed by atoms with E-state index in [0.29, 0.717) is 16.6 Å². The lowest BCUT2D eigenvalue weighted by Crippen LogP contribution is -2.05. The molecule has 3 nitrogen and oxygen atoms in total. The van der Waals surface area contributed by atoms with Gasteiger partial charge in [-0.05, 0) is 24.7 Å². The maximum atomic E-state index is 6.27. The average Bonchev–Trinajstić information content (AvgIpc) is 2.93. The highest BCUT2D eigenvalue weighted by Gasteiger charge is 2.16. The van der Waals surface area contributed by atoms with Gasteiger partial charge in [-0.3, -0.25) is 4.40 Å². The van der Waals surface area contributed by atoms with Gasteiger partial charge in [0.2, 0.25) is 0 Å². The van der Waals surface area contributed by atoms with Crippen molar-refractivity contribution >= 4 is 39.5 Å². The Hall–Kier alpha value is -1.07. The fraction of sp³-hybridized carbons (Fsp3) is 0.154. The predicted octanol–water partition coefficient (Wildman–Crippen LogP) is 3.87. The lowest BCUT2D eigenvalue weighted by Gasteiger charge is -2.05. The molecule has 3 rings (SSSR count). The number of hydrogen-bond acceptors (Lipinski definition) is 3. The highest BCUT2D eigenvalue weighted by molar-refractivity contribution is 7.15. The number of imidazole rings is 1. The number of aromatic nitrogens is 2. The van der Waals surface area contributed by atoms with Gasteiger partial charge in [0.05, 0.1) is 16.4 Å². The molecule has 2 aromatic heterocycles. The average molecular weight is 312 g/mol. The lowest BCUT2D eigenvalue weighted by molar-refractivity contribution is 0.911. The molecule has 6 heteroatoms. The van der Waals surface area contributed by atoms with Crippen molar-refractivity contribution in [3.8, 4) is 11.3 Å². The van der Waals surface area contributed by atoms with E-state index in [-0.39, 0.29) is 0 Å². The second-order valence-electron chi connectivity index (χ2n) is 4.13. The lowest BCUT2D eigenvalue weighted by atomic mass is 10.1. The summed E-state index contributed by atoms with van der Waals surface area (Å²) in [5.74, 6) is 0. The zero-order valence-electron chi connectivity index (χ0n) is 9.94. The minimum Gasteiger partial charge on any atom is -0.330 e. The summed E-state index contributed by atoms with van der Waals surface area (Å²) < 4.78 is 2.07. The van der Waals surface area contributed by atoms with E-state index >= 15 is 0 Å². The molecule has 19 heavy (non-hydrogen) atoms. The van der Waals surface area contributed by atoms with E-state index in [1.165, 1.54) is 0 Å². The molecule has 2 heterocycles. The number of nitrogens with zero attached hydrogens (tertiary/aromatic N) is 2. The van der Waals surface area contributed by atoms with Crippen molar-refractivity contribution in [3.63, 3.8) is 0 Å². The quantitative estimate of drug-likeness (QED) is 0.798. The van der Waals surface area contributed by atoms with Crippen molar-refractivity contribution in [2.24, 2.45) is 5.73 Å². The largest absolute Gasteiger partial charge is 0.330 e. The Labute approximate surface area is 124 Å². The second-order valence-corrected chi connectivity index (χ2v) is 5.84. The predicted molar refractivity (Wildman–Crippen MR) is 81.3 cm³/mol. The van der Waals surface area contributed by atoms with Gasteiger partial charge in [0.15, 0.2) is 4.96 Å². The molecule has 0 unspecified atom stereocenters. The van der Waals surface area contributed by atoms with Crippen LogP contribution in [-0.2, 0) is 6.42 Å². The van der Waals surface area contributed by atoms with Crippen LogP contribution in [0.2, 0.25) is 10.0 Å². The smallest absolute Gasteiger partial charge is 0.194 e. The van der Waals surface area contributed by atoms with Crippen LogP contribution in [0.5, 0.6) is 0 Å². The molecule has 0 radical (unpaired) electrons. The molecule has 98 valence electrons. The summed E-state index contributed by atoms with van der Waals surface area (Å²) in [5.41, 5.74) is 8.56. The highest BCUT2D eigenvalue weighted by Crippen LogP contribution is 2.33. The van der Waals surface area contributed by atoms with Gasteiger partial charge in [0, 0.05) is 28.6 Å². The Morgan fingerprint density at radius 1 is 1.32 bits per heavy atom. The molecule has 0 aliphatic carbocycles. The minimum atomic E-state index is 0.571. The summed E-state index contributed by atoms with van der Waals surface area (Å²) in [4.78, 5) is 5.60. The van der Waals surface area contributed by atoms with E-state index in [1.807, 2.05) is 23.7 Å². The van der Waals surface area contributed by atoms with Crippen molar-refractivity contribution in [3.05, 3.63) is 45.5 Å². The van der Waals surface area contributed by atoms with Crippen LogP contribution in [0.4, 0.5) is 0 Å². The monoisotopic (exact) mass is 311 g/mol. The summed E-state index contributed by atoms with van der Waals surface area (Å²) in [6.07, 6.45) is 2.76. The molecular weight excluding hydrogens is 301 g/mol. The summed E-state index contributed by atoms with van der Waals surface area (Å²) in [6, 6.07) is 5.46. The van der Waals surface area contributed by atoms with Crippen molar-refractivity contribution in [1.29, 1.82) is 0 Å². The van der Waals surface area contributed by atoms with E-state index in [2.05, 4.69) is 9.38 Å². The van der Waals surface area contributed by atoms with Gasteiger partial charge >= 0.3 is 0 Å². The first-order valence-electron chi connectivity index (χ1n) is 5.80. The van der Waals surface area contributed by atoms with E-state index in [9.17, 15) is 0 Å². The third kappa shape index (κ3) is 2.25. The second kappa shape index (κ2) is 5.13. The molecule has 3 aromatic rings. The summed E-state index contributed by atoms with van der Waals surface area (Å²) in [6.45, 7) is 0.571. The van der Waals surface area contributed by atoms with Gasteiger partial charge in [-0.15, -0.1) is 11.3 Å². The molecule has 0 spiro atoms. The number of halogens is 2. The summed E-state index contributed by atoms with van der Waals surface area (Å²) >= 11 is 13.8. The standard InChI is InChI=1S/C13H11Cl2N3S/c14-8-1-2-9(10(15)7-8)12-11(3-4-16)18-5-6-19-13(18)17-12/h1-2,5-7H,3-4,16H2. The van der Waals surface area contributed by atoms with E-state index in [1.54, 1.807) is 17.4 Å². The van der Waals surface area contributed by atoms with Crippen molar-refractivity contribution < 1.29 is 0 Å². The Kier molecular flexibility index (Phi) is 3.50. The van der Waals surface area contributed by atoms with Crippen LogP contribution in [0, 0.1) is 0 Å². The number of benzene rings is 1. The van der Waals surface area contributed by atoms with Crippen LogP contribution >= 0.6 is 34.5 Å². The number of fused-ring (bicyclic) bond motifs is 1. The third-order valence-electron chi connectivity index (χ3n) is 2.93. The van der Waals surface area contributed by atoms with Gasteiger partial charge in [-0.2, -0.15) is 0 Å². The van der Waals surface area contributed by atoms with Crippen molar-refractivity contribution in [2.45, 2.75) is 6.42 Å². The zero-order valence-corrected chi connectivity index (χ0v) is 12.3. The minimum absolute atomic E-state index is 0.571. The molecule has 2 N–H and O–H groups in total. The third-order valence-corrected chi connectivity index (χ3v) is 4.23. The molecule has 0 aliphatic heterocycles. The van der Waals surface area contributed by atoms with Gasteiger partial charge in [-0.25, -0.2) is 4.98 Å². The van der Waals surface area contributed by atoms with Gasteiger partial charge < -0.3 is 5.73 Å². The van der Waals surface area contributed by atoms with E-state index < -0.39 is 0 Å². The molecule has 0 amide bonds. The van der Waals surface area contributed by atoms with Crippen molar-refractivity contribution in [1.82, 2.24) is 9.38 Å². The first-order valence-corrected chi connectivity index (χ1v) is 7.44. The molecule has 0 saturated carbocycles. The number of nitrogens with two attached hydrogens (primary N) is 1. The van der Waals surface area contributed by atoms with Crippen molar-refractivity contribution in [2.75, 3.05) is 6.54 Å². The van der Waals surface area contributed by atoms with Gasteiger partial charge in [-0.1, -0.05) is 23.2 Å². The fourth-order valence-corrected chi connectivity index (χ4v) is 3.34. The molecule has 1 aromatic carbocycles. The number of thiazole rings is 1. The Morgan fingerprint density at radius 3 is 2.89 bits per heavy atom. The maximum absolute atomic E-state index is 6.27. The van der Waals surface area contributed by atoms with Crippen LogP contribution in [0.15, 0.2) is 29.8 Å². The van der Waals surface area contributed by atoms with Crippen LogP contribution < -0.4 is 5.73 Å². The topological polar surface area (TPSA) is 43.3 Å². The molecule has 0 atom stereocenters. The van der Waals surface area contributed by atoms with Gasteiger partial charge in [0.1, 0.15) is 0 Å². The Bertz CT molecular complexity index is 733. The summed E-state index contributed by atoms with van der Waals surface area (Å²) in [7, 11) is 0. The molecule has 0 fully saturated rings. The molecule has 0 bridgehead atoms. The molecule has 0 aliphatic rings. The number of rotatable bonds is 3. The van der Waals surface area contributed by atoms with E-state index in [0.717, 1.165) is 28.3 Å². The van der Waals surface area contributed by atoms with E-state index in [4.69, 9.17) is 28.9 Å². The molecular formula is C13H11Cl2N3S. The van der Waals surface area contributed by atoms with Crippen LogP contribution in [0.25, 0.3) is 16.2 Å². The van der Waals surface area contributed by atoms with Crippen LogP contribution in [-0.4, -0.2) is 15.9 Å². The fourth-order valence-electron chi connectivity index (χ4n) is 2.11. The SMILES string of the molecule is NCCc1c(-c2ccc(Cl)cc2Cl)nc2sccn12. The summed E-state index contributed by atoms with van der Waals surface area (Å²) in [5, 5.41) is 3.24. The van der Waals surface area contributed by atoms with Crippen LogP contribution in [0.3, 0.4) is 0 Å². The maximum Gasteiger partial charge on any atom is 0.194 e. The Morgan fingerprint density at radius 2 is 2.16 bits per heavy atom. The van der Waals surface area contributed by atoms with Gasteiger partial charge in [0.25, 0.3) is 0 Å². The van der Waals surface area contributed by atoms with Crippen LogP contribution in [0.1, 0.15) is 5.69 Å². The highest BCUT2D eigenvalue weighted by atomic mass is 35.5. The Balaban J connectivity index is 2.23. The first-order chi connectivity index (χ1) is 9.20. The zero-order chi connectivity index (χ0) is 13.4. The number of hydrogen-bond donors (Lipinski definition) is 1.